The number of nitrogens with one attached hydrogen (secondary N) is 1. The van der Waals surface area contributed by atoms with Crippen LogP contribution >= 0.6 is 15.9 Å². The van der Waals surface area contributed by atoms with Gasteiger partial charge in [0.1, 0.15) is 0 Å². The van der Waals surface area contributed by atoms with Crippen molar-refractivity contribution in [2.45, 2.75) is 33.2 Å². The lowest BCUT2D eigenvalue weighted by Gasteiger charge is -2.25. The van der Waals surface area contributed by atoms with Crippen molar-refractivity contribution in [2.24, 2.45) is 0 Å². The van der Waals surface area contributed by atoms with E-state index < -0.39 is 0 Å². The third kappa shape index (κ3) is 5.60. The van der Waals surface area contributed by atoms with Crippen LogP contribution in [0.2, 0.25) is 0 Å². The van der Waals surface area contributed by atoms with E-state index in [1.165, 1.54) is 0 Å². The van der Waals surface area contributed by atoms with Crippen molar-refractivity contribution >= 4 is 21.8 Å². The third-order valence-electron chi connectivity index (χ3n) is 2.35. The lowest BCUT2D eigenvalue weighted by Crippen LogP contribution is -2.43. The Hall–Kier alpha value is -0.0900. The number of carbonyl (C=O) groups is 1. The van der Waals surface area contributed by atoms with Gasteiger partial charge in [0.05, 0.1) is 5.33 Å². The monoisotopic (exact) mass is 264 g/mol. The van der Waals surface area contributed by atoms with E-state index in [0.29, 0.717) is 5.33 Å². The largest absolute Gasteiger partial charge is 0.351 e. The number of likely N-dealkylation sites (N-methyl/N-ethyl adjacent to an activating group) is 1. The standard InChI is InChI=1S/C10H21BrN2O/c1-4-9(12-10(14)7-11)8-13(5-2)6-3/h9H,4-8H2,1-3H3,(H,12,14). The summed E-state index contributed by atoms with van der Waals surface area (Å²) < 4.78 is 0. The van der Waals surface area contributed by atoms with Crippen molar-refractivity contribution in [3.63, 3.8) is 0 Å². The van der Waals surface area contributed by atoms with Gasteiger partial charge in [-0.3, -0.25) is 4.79 Å². The van der Waals surface area contributed by atoms with Gasteiger partial charge in [-0.15, -0.1) is 0 Å². The molecule has 0 saturated heterocycles. The number of amides is 1. The van der Waals surface area contributed by atoms with Crippen LogP contribution in [0.5, 0.6) is 0 Å². The Balaban J connectivity index is 3.94. The second kappa shape index (κ2) is 8.24. The molecule has 4 heteroatoms. The molecule has 1 N–H and O–H groups in total. The van der Waals surface area contributed by atoms with Crippen LogP contribution in [-0.2, 0) is 4.79 Å². The van der Waals surface area contributed by atoms with E-state index in [1.54, 1.807) is 0 Å². The molecule has 1 atom stereocenters. The molecule has 0 aliphatic carbocycles. The number of halogens is 1. The van der Waals surface area contributed by atoms with E-state index in [9.17, 15) is 4.79 Å². The molecule has 0 radical (unpaired) electrons. The molecule has 0 aromatic rings. The first-order valence-electron chi connectivity index (χ1n) is 5.25. The van der Waals surface area contributed by atoms with Crippen LogP contribution in [0.4, 0.5) is 0 Å². The highest BCUT2D eigenvalue weighted by Gasteiger charge is 2.11. The molecule has 1 unspecified atom stereocenters. The van der Waals surface area contributed by atoms with Crippen LogP contribution in [0.1, 0.15) is 27.2 Å². The molecular weight excluding hydrogens is 244 g/mol. The summed E-state index contributed by atoms with van der Waals surface area (Å²) in [5.74, 6) is 0.0732. The summed E-state index contributed by atoms with van der Waals surface area (Å²) in [4.78, 5) is 13.5. The van der Waals surface area contributed by atoms with Gasteiger partial charge in [-0.1, -0.05) is 36.7 Å². The minimum absolute atomic E-state index is 0.0732. The maximum Gasteiger partial charge on any atom is 0.230 e. The van der Waals surface area contributed by atoms with Gasteiger partial charge < -0.3 is 10.2 Å². The number of carbonyl (C=O) groups excluding carboxylic acids is 1. The highest BCUT2D eigenvalue weighted by molar-refractivity contribution is 9.09. The molecule has 0 aliphatic heterocycles. The number of hydrogen-bond acceptors (Lipinski definition) is 2. The fourth-order valence-electron chi connectivity index (χ4n) is 1.34. The van der Waals surface area contributed by atoms with Gasteiger partial charge in [0.25, 0.3) is 0 Å². The molecule has 0 bridgehead atoms. The van der Waals surface area contributed by atoms with Gasteiger partial charge in [0.2, 0.25) is 5.91 Å². The molecular formula is C10H21BrN2O. The van der Waals surface area contributed by atoms with E-state index in [1.807, 2.05) is 0 Å². The fourth-order valence-corrected chi connectivity index (χ4v) is 1.50. The Morgan fingerprint density at radius 1 is 1.36 bits per heavy atom. The van der Waals surface area contributed by atoms with Crippen LogP contribution in [0.15, 0.2) is 0 Å². The molecule has 84 valence electrons. The molecule has 0 aromatic carbocycles. The molecule has 3 nitrogen and oxygen atoms in total. The maximum atomic E-state index is 11.2. The summed E-state index contributed by atoms with van der Waals surface area (Å²) in [6.07, 6.45) is 0.981. The molecule has 14 heavy (non-hydrogen) atoms. The molecule has 0 saturated carbocycles. The summed E-state index contributed by atoms with van der Waals surface area (Å²) >= 11 is 3.15. The molecule has 0 spiro atoms. The molecule has 0 fully saturated rings. The molecule has 1 amide bonds. The normalized spacial score (nSPS) is 12.9. The fraction of sp³-hybridized carbons (Fsp3) is 0.900. The van der Waals surface area contributed by atoms with Gasteiger partial charge in [-0.2, -0.15) is 0 Å². The first kappa shape index (κ1) is 13.9. The van der Waals surface area contributed by atoms with Crippen LogP contribution in [-0.4, -0.2) is 41.8 Å². The minimum Gasteiger partial charge on any atom is -0.351 e. The average Bonchev–Trinajstić information content (AvgIpc) is 2.23. The predicted molar refractivity (Wildman–Crippen MR) is 63.8 cm³/mol. The van der Waals surface area contributed by atoms with Crippen molar-refractivity contribution in [1.29, 1.82) is 0 Å². The molecule has 0 rings (SSSR count). The van der Waals surface area contributed by atoms with Crippen LogP contribution in [0.3, 0.4) is 0 Å². The lowest BCUT2D eigenvalue weighted by atomic mass is 10.2. The molecule has 0 aromatic heterocycles. The van der Waals surface area contributed by atoms with Gasteiger partial charge in [0.15, 0.2) is 0 Å². The number of nitrogens with zero attached hydrogens (tertiary/aromatic N) is 1. The Morgan fingerprint density at radius 3 is 2.29 bits per heavy atom. The van der Waals surface area contributed by atoms with Crippen molar-refractivity contribution in [2.75, 3.05) is 25.0 Å². The highest BCUT2D eigenvalue weighted by atomic mass is 79.9. The zero-order chi connectivity index (χ0) is 11.0. The topological polar surface area (TPSA) is 32.3 Å². The van der Waals surface area contributed by atoms with Crippen LogP contribution < -0.4 is 5.32 Å². The summed E-state index contributed by atoms with van der Waals surface area (Å²) in [5.41, 5.74) is 0. The Labute approximate surface area is 95.4 Å². The SMILES string of the molecule is CCC(CN(CC)CC)NC(=O)CBr. The average molecular weight is 265 g/mol. The maximum absolute atomic E-state index is 11.2. The second-order valence-corrected chi connectivity index (χ2v) is 3.85. The Bertz CT molecular complexity index is 160. The van der Waals surface area contributed by atoms with E-state index in [4.69, 9.17) is 0 Å². The Morgan fingerprint density at radius 2 is 1.93 bits per heavy atom. The van der Waals surface area contributed by atoms with Crippen molar-refractivity contribution < 1.29 is 4.79 Å². The first-order valence-corrected chi connectivity index (χ1v) is 6.37. The number of rotatable bonds is 7. The highest BCUT2D eigenvalue weighted by Crippen LogP contribution is 1.97. The van der Waals surface area contributed by atoms with Gasteiger partial charge in [-0.05, 0) is 19.5 Å². The van der Waals surface area contributed by atoms with Crippen molar-refractivity contribution in [3.05, 3.63) is 0 Å². The van der Waals surface area contributed by atoms with E-state index in [-0.39, 0.29) is 11.9 Å². The Kier molecular flexibility index (Phi) is 8.18. The second-order valence-electron chi connectivity index (χ2n) is 3.29. The zero-order valence-corrected chi connectivity index (χ0v) is 10.9. The van der Waals surface area contributed by atoms with Crippen LogP contribution in [0, 0.1) is 0 Å². The summed E-state index contributed by atoms with van der Waals surface area (Å²) in [6, 6.07) is 0.278. The zero-order valence-electron chi connectivity index (χ0n) is 9.35. The molecule has 0 aliphatic rings. The van der Waals surface area contributed by atoms with Gasteiger partial charge in [-0.25, -0.2) is 0 Å². The summed E-state index contributed by atoms with van der Waals surface area (Å²) in [7, 11) is 0. The third-order valence-corrected chi connectivity index (χ3v) is 2.86. The van der Waals surface area contributed by atoms with Crippen molar-refractivity contribution in [3.8, 4) is 0 Å². The smallest absolute Gasteiger partial charge is 0.230 e. The van der Waals surface area contributed by atoms with E-state index >= 15 is 0 Å². The van der Waals surface area contributed by atoms with Gasteiger partial charge in [0, 0.05) is 12.6 Å². The minimum atomic E-state index is 0.0732. The summed E-state index contributed by atoms with van der Waals surface area (Å²) in [5, 5.41) is 3.38. The number of hydrogen-bond donors (Lipinski definition) is 1. The summed E-state index contributed by atoms with van der Waals surface area (Å²) in [6.45, 7) is 9.41. The predicted octanol–water partition coefficient (Wildman–Crippen LogP) is 1.62. The first-order chi connectivity index (χ1) is 6.67. The van der Waals surface area contributed by atoms with Gasteiger partial charge >= 0.3 is 0 Å². The van der Waals surface area contributed by atoms with Crippen molar-refractivity contribution in [1.82, 2.24) is 10.2 Å². The molecule has 0 heterocycles. The lowest BCUT2D eigenvalue weighted by molar-refractivity contribution is -0.119. The van der Waals surface area contributed by atoms with E-state index in [0.717, 1.165) is 26.1 Å². The van der Waals surface area contributed by atoms with Crippen LogP contribution in [0.25, 0.3) is 0 Å². The van der Waals surface area contributed by atoms with E-state index in [2.05, 4.69) is 46.9 Å². The quantitative estimate of drug-likeness (QED) is 0.709. The number of alkyl halides is 1.